The van der Waals surface area contributed by atoms with Gasteiger partial charge in [0.15, 0.2) is 9.84 Å². The molecule has 1 aromatic heterocycles. The van der Waals surface area contributed by atoms with Crippen molar-refractivity contribution in [2.75, 3.05) is 18.6 Å². The topological polar surface area (TPSA) is 82.3 Å². The summed E-state index contributed by atoms with van der Waals surface area (Å²) < 4.78 is 28.6. The van der Waals surface area contributed by atoms with Crippen LogP contribution in [0.2, 0.25) is 0 Å². The minimum absolute atomic E-state index is 0.0856. The summed E-state index contributed by atoms with van der Waals surface area (Å²) in [6.45, 7) is 1.69. The van der Waals surface area contributed by atoms with E-state index in [2.05, 4.69) is 4.98 Å². The number of hydrogen-bond donors (Lipinski definition) is 1. The zero-order chi connectivity index (χ0) is 11.5. The van der Waals surface area contributed by atoms with E-state index < -0.39 is 9.84 Å². The van der Waals surface area contributed by atoms with E-state index in [1.165, 1.54) is 25.6 Å². The van der Waals surface area contributed by atoms with Gasteiger partial charge in [0.2, 0.25) is 0 Å². The second-order valence-electron chi connectivity index (χ2n) is 3.24. The van der Waals surface area contributed by atoms with Crippen molar-refractivity contribution in [3.8, 4) is 0 Å². The Bertz CT molecular complexity index is 431. The average molecular weight is 230 g/mol. The van der Waals surface area contributed by atoms with Gasteiger partial charge in [0.1, 0.15) is 0 Å². The third-order valence-corrected chi connectivity index (χ3v) is 3.95. The Morgan fingerprint density at radius 1 is 1.60 bits per heavy atom. The maximum absolute atomic E-state index is 11.8. The molecule has 15 heavy (non-hydrogen) atoms. The van der Waals surface area contributed by atoms with E-state index in [1.807, 2.05) is 0 Å². The lowest BCUT2D eigenvalue weighted by molar-refractivity contribution is 0.136. The summed E-state index contributed by atoms with van der Waals surface area (Å²) >= 11 is 0. The van der Waals surface area contributed by atoms with Gasteiger partial charge in [-0.3, -0.25) is 4.98 Å². The second kappa shape index (κ2) is 4.59. The molecule has 2 N–H and O–H groups in total. The molecule has 0 aliphatic carbocycles. The Morgan fingerprint density at radius 2 is 2.27 bits per heavy atom. The van der Waals surface area contributed by atoms with E-state index in [4.69, 9.17) is 10.5 Å². The molecule has 0 aromatic carbocycles. The molecule has 0 saturated heterocycles. The molecule has 0 saturated carbocycles. The van der Waals surface area contributed by atoms with E-state index in [0.717, 1.165) is 0 Å². The molecule has 1 rings (SSSR count). The molecule has 0 aliphatic heterocycles. The van der Waals surface area contributed by atoms with Crippen LogP contribution < -0.4 is 5.73 Å². The SMILES string of the molecule is COC(C)CS(=O)(=O)c1ccncc1N. The predicted octanol–water partition coefficient (Wildman–Crippen LogP) is 0.472. The molecule has 0 bridgehead atoms. The summed E-state index contributed by atoms with van der Waals surface area (Å²) in [6, 6.07) is 1.40. The second-order valence-corrected chi connectivity index (χ2v) is 5.24. The lowest BCUT2D eigenvalue weighted by Gasteiger charge is -2.11. The fourth-order valence-corrected chi connectivity index (χ4v) is 2.76. The Balaban J connectivity index is 3.02. The van der Waals surface area contributed by atoms with Crippen LogP contribution in [-0.4, -0.2) is 32.4 Å². The fourth-order valence-electron chi connectivity index (χ4n) is 1.14. The molecule has 0 aliphatic rings. The first-order valence-corrected chi connectivity index (χ1v) is 6.07. The molecule has 0 radical (unpaired) electrons. The number of rotatable bonds is 4. The smallest absolute Gasteiger partial charge is 0.183 e. The quantitative estimate of drug-likeness (QED) is 0.813. The van der Waals surface area contributed by atoms with Gasteiger partial charge in [0.05, 0.1) is 28.6 Å². The minimum Gasteiger partial charge on any atom is -0.396 e. The van der Waals surface area contributed by atoms with Gasteiger partial charge < -0.3 is 10.5 Å². The van der Waals surface area contributed by atoms with Crippen LogP contribution in [0.3, 0.4) is 0 Å². The summed E-state index contributed by atoms with van der Waals surface area (Å²) in [5.41, 5.74) is 5.71. The maximum atomic E-state index is 11.8. The van der Waals surface area contributed by atoms with Crippen LogP contribution in [-0.2, 0) is 14.6 Å². The highest BCUT2D eigenvalue weighted by Gasteiger charge is 2.20. The Morgan fingerprint density at radius 3 is 2.80 bits per heavy atom. The third kappa shape index (κ3) is 2.90. The molecule has 1 atom stereocenters. The molecule has 1 heterocycles. The lowest BCUT2D eigenvalue weighted by Crippen LogP contribution is -2.20. The van der Waals surface area contributed by atoms with Crippen LogP contribution in [0.25, 0.3) is 0 Å². The molecule has 0 amide bonds. The van der Waals surface area contributed by atoms with Crippen molar-refractivity contribution >= 4 is 15.5 Å². The maximum Gasteiger partial charge on any atom is 0.183 e. The minimum atomic E-state index is -3.39. The monoisotopic (exact) mass is 230 g/mol. The van der Waals surface area contributed by atoms with E-state index in [9.17, 15) is 8.42 Å². The highest BCUT2D eigenvalue weighted by atomic mass is 32.2. The zero-order valence-electron chi connectivity index (χ0n) is 8.67. The number of ether oxygens (including phenoxy) is 1. The summed E-state index contributed by atoms with van der Waals surface area (Å²) in [5, 5.41) is 0. The Hall–Kier alpha value is -1.14. The standard InChI is InChI=1S/C9H14N2O3S/c1-7(14-2)6-15(12,13)9-3-4-11-5-8(9)10/h3-5,7H,6,10H2,1-2H3. The van der Waals surface area contributed by atoms with Crippen molar-refractivity contribution in [2.45, 2.75) is 17.9 Å². The lowest BCUT2D eigenvalue weighted by atomic mass is 10.4. The van der Waals surface area contributed by atoms with Crippen molar-refractivity contribution in [1.29, 1.82) is 0 Å². The number of nitrogens with two attached hydrogens (primary N) is 1. The Kier molecular flexibility index (Phi) is 3.65. The van der Waals surface area contributed by atoms with E-state index in [-0.39, 0.29) is 22.4 Å². The third-order valence-electron chi connectivity index (χ3n) is 2.00. The van der Waals surface area contributed by atoms with Gasteiger partial charge in [-0.15, -0.1) is 0 Å². The van der Waals surface area contributed by atoms with Crippen molar-refractivity contribution in [3.63, 3.8) is 0 Å². The summed E-state index contributed by atoms with van der Waals surface area (Å²) in [5.74, 6) is -0.0856. The van der Waals surface area contributed by atoms with E-state index in [0.29, 0.717) is 0 Å². The van der Waals surface area contributed by atoms with Crippen LogP contribution in [0, 0.1) is 0 Å². The number of methoxy groups -OCH3 is 1. The number of hydrogen-bond acceptors (Lipinski definition) is 5. The predicted molar refractivity (Wildman–Crippen MR) is 57.2 cm³/mol. The Labute approximate surface area is 89.2 Å². The highest BCUT2D eigenvalue weighted by Crippen LogP contribution is 2.18. The van der Waals surface area contributed by atoms with Gasteiger partial charge >= 0.3 is 0 Å². The van der Waals surface area contributed by atoms with Crippen molar-refractivity contribution in [1.82, 2.24) is 4.98 Å². The van der Waals surface area contributed by atoms with Crippen molar-refractivity contribution in [2.24, 2.45) is 0 Å². The molecular weight excluding hydrogens is 216 g/mol. The average Bonchev–Trinajstić information content (AvgIpc) is 2.17. The van der Waals surface area contributed by atoms with Gasteiger partial charge in [-0.25, -0.2) is 8.42 Å². The van der Waals surface area contributed by atoms with Gasteiger partial charge in [-0.1, -0.05) is 0 Å². The van der Waals surface area contributed by atoms with Crippen LogP contribution in [0.4, 0.5) is 5.69 Å². The number of nitrogens with zero attached hydrogens (tertiary/aromatic N) is 1. The first-order valence-electron chi connectivity index (χ1n) is 4.42. The molecule has 0 fully saturated rings. The molecule has 0 spiro atoms. The van der Waals surface area contributed by atoms with Crippen molar-refractivity contribution in [3.05, 3.63) is 18.5 Å². The summed E-state index contributed by atoms with van der Waals surface area (Å²) in [4.78, 5) is 3.85. The van der Waals surface area contributed by atoms with Crippen LogP contribution >= 0.6 is 0 Å². The number of aromatic nitrogens is 1. The molecule has 84 valence electrons. The van der Waals surface area contributed by atoms with Gasteiger partial charge in [-0.2, -0.15) is 0 Å². The molecule has 6 heteroatoms. The largest absolute Gasteiger partial charge is 0.396 e. The number of anilines is 1. The zero-order valence-corrected chi connectivity index (χ0v) is 9.49. The highest BCUT2D eigenvalue weighted by molar-refractivity contribution is 7.91. The molecular formula is C9H14N2O3S. The fraction of sp³-hybridized carbons (Fsp3) is 0.444. The summed E-state index contributed by atoms with van der Waals surface area (Å²) in [7, 11) is -1.92. The summed E-state index contributed by atoms with van der Waals surface area (Å²) in [6.07, 6.45) is 2.37. The first-order chi connectivity index (χ1) is 6.97. The molecule has 5 nitrogen and oxygen atoms in total. The van der Waals surface area contributed by atoms with Gasteiger partial charge in [0, 0.05) is 13.3 Å². The van der Waals surface area contributed by atoms with E-state index >= 15 is 0 Å². The van der Waals surface area contributed by atoms with Crippen molar-refractivity contribution < 1.29 is 13.2 Å². The normalized spacial score (nSPS) is 13.7. The number of pyridine rings is 1. The molecule has 1 unspecified atom stereocenters. The van der Waals surface area contributed by atoms with E-state index in [1.54, 1.807) is 6.92 Å². The first kappa shape index (κ1) is 11.9. The van der Waals surface area contributed by atoms with Crippen LogP contribution in [0.1, 0.15) is 6.92 Å². The number of nitrogen functional groups attached to an aromatic ring is 1. The van der Waals surface area contributed by atoms with Gasteiger partial charge in [0.25, 0.3) is 0 Å². The van der Waals surface area contributed by atoms with Gasteiger partial charge in [-0.05, 0) is 13.0 Å². The van der Waals surface area contributed by atoms with Crippen LogP contribution in [0.5, 0.6) is 0 Å². The molecule has 1 aromatic rings. The van der Waals surface area contributed by atoms with Crippen LogP contribution in [0.15, 0.2) is 23.4 Å². The number of sulfone groups is 1.